The molecule has 36 heavy (non-hydrogen) atoms. The van der Waals surface area contributed by atoms with E-state index in [0.717, 1.165) is 16.0 Å². The molecule has 3 aromatic rings. The molecular formula is C27H18ClN3O5. The van der Waals surface area contributed by atoms with Crippen molar-refractivity contribution in [2.45, 2.75) is 12.1 Å². The molecule has 9 heteroatoms. The molecule has 2 amide bonds. The third-order valence-corrected chi connectivity index (χ3v) is 7.41. The summed E-state index contributed by atoms with van der Waals surface area (Å²) in [5.41, 5.74) is 2.03. The summed E-state index contributed by atoms with van der Waals surface area (Å²) in [6.07, 6.45) is 3.66. The predicted octanol–water partition coefficient (Wildman–Crippen LogP) is 4.65. The maximum atomic E-state index is 13.8. The Kier molecular flexibility index (Phi) is 5.01. The molecule has 0 bridgehead atoms. The smallest absolute Gasteiger partial charge is 0.271 e. The third kappa shape index (κ3) is 3.18. The minimum Gasteiger partial charge on any atom is -0.358 e. The van der Waals surface area contributed by atoms with Gasteiger partial charge in [-0.05, 0) is 47.5 Å². The van der Waals surface area contributed by atoms with Crippen LogP contribution in [0.25, 0.3) is 6.08 Å². The van der Waals surface area contributed by atoms with Gasteiger partial charge in [0.1, 0.15) is 6.04 Å². The maximum absolute atomic E-state index is 13.8. The molecule has 0 unspecified atom stereocenters. The van der Waals surface area contributed by atoms with E-state index in [2.05, 4.69) is 0 Å². The van der Waals surface area contributed by atoms with E-state index in [1.807, 2.05) is 35.2 Å². The van der Waals surface area contributed by atoms with Crippen LogP contribution in [-0.4, -0.2) is 33.5 Å². The number of nitrogens with zero attached hydrogens (tertiary/aromatic N) is 3. The highest BCUT2D eigenvalue weighted by atomic mass is 35.5. The molecule has 2 fully saturated rings. The molecule has 0 aromatic heterocycles. The Labute approximate surface area is 210 Å². The number of carbonyl (C=O) groups excluding carboxylic acids is 3. The first kappa shape index (κ1) is 22.2. The fourth-order valence-electron chi connectivity index (χ4n) is 5.64. The number of benzene rings is 3. The summed E-state index contributed by atoms with van der Waals surface area (Å²) in [7, 11) is 0. The summed E-state index contributed by atoms with van der Waals surface area (Å²) in [5, 5.41) is 11.8. The Morgan fingerprint density at radius 1 is 0.917 bits per heavy atom. The van der Waals surface area contributed by atoms with Crippen LogP contribution in [0.15, 0.2) is 79.0 Å². The number of imide groups is 1. The average molecular weight is 500 g/mol. The molecule has 3 heterocycles. The quantitative estimate of drug-likeness (QED) is 0.224. The molecule has 0 saturated carbocycles. The first-order valence-corrected chi connectivity index (χ1v) is 11.7. The number of halogens is 1. The van der Waals surface area contributed by atoms with Crippen LogP contribution in [0.4, 0.5) is 11.4 Å². The van der Waals surface area contributed by atoms with Gasteiger partial charge in [0.25, 0.3) is 5.69 Å². The van der Waals surface area contributed by atoms with Gasteiger partial charge in [0, 0.05) is 28.9 Å². The second-order valence-electron chi connectivity index (χ2n) is 8.99. The van der Waals surface area contributed by atoms with Crippen molar-refractivity contribution in [2.75, 3.05) is 4.90 Å². The van der Waals surface area contributed by atoms with Gasteiger partial charge in [-0.2, -0.15) is 0 Å². The lowest BCUT2D eigenvalue weighted by atomic mass is 9.83. The maximum Gasteiger partial charge on any atom is 0.271 e. The molecule has 0 N–H and O–H groups in total. The number of Topliss-reactive ketones (excluding diaryl/α,β-unsaturated/α-hetero) is 1. The van der Waals surface area contributed by atoms with Crippen LogP contribution in [0.3, 0.4) is 0 Å². The van der Waals surface area contributed by atoms with Gasteiger partial charge in [0.15, 0.2) is 5.78 Å². The number of hydrogen-bond acceptors (Lipinski definition) is 6. The monoisotopic (exact) mass is 499 g/mol. The highest BCUT2D eigenvalue weighted by Crippen LogP contribution is 2.53. The molecule has 8 nitrogen and oxygen atoms in total. The number of anilines is 1. The molecule has 3 aliphatic rings. The summed E-state index contributed by atoms with van der Waals surface area (Å²) in [4.78, 5) is 55.1. The Morgan fingerprint density at radius 3 is 2.39 bits per heavy atom. The number of fused-ring (bicyclic) bond motifs is 5. The molecule has 0 spiro atoms. The summed E-state index contributed by atoms with van der Waals surface area (Å²) < 4.78 is 0. The molecule has 0 aliphatic carbocycles. The van der Waals surface area contributed by atoms with E-state index in [1.54, 1.807) is 30.5 Å². The van der Waals surface area contributed by atoms with Crippen molar-refractivity contribution in [3.05, 3.63) is 111 Å². The van der Waals surface area contributed by atoms with Crippen LogP contribution in [0.1, 0.15) is 27.5 Å². The zero-order chi connectivity index (χ0) is 25.1. The molecule has 6 rings (SSSR count). The SMILES string of the molecule is O=C(c1ccc(Cl)cc1)[C@@H]1[C@@H]2C(=O)N(c3cccc([N+](=O)[O-])c3)C(=O)[C@H]2[C@@H]2c3ccccc3C=CN12. The van der Waals surface area contributed by atoms with E-state index in [-0.39, 0.29) is 17.2 Å². The molecule has 4 atom stereocenters. The van der Waals surface area contributed by atoms with Gasteiger partial charge in [0.05, 0.1) is 28.5 Å². The van der Waals surface area contributed by atoms with E-state index >= 15 is 0 Å². The Bertz CT molecular complexity index is 1480. The van der Waals surface area contributed by atoms with Crippen LogP contribution >= 0.6 is 11.6 Å². The first-order chi connectivity index (χ1) is 17.4. The molecule has 178 valence electrons. The van der Waals surface area contributed by atoms with E-state index in [1.165, 1.54) is 24.3 Å². The average Bonchev–Trinajstić information content (AvgIpc) is 3.36. The Balaban J connectivity index is 1.49. The zero-order valence-corrected chi connectivity index (χ0v) is 19.4. The van der Waals surface area contributed by atoms with Gasteiger partial charge >= 0.3 is 0 Å². The van der Waals surface area contributed by atoms with Crippen LogP contribution in [0, 0.1) is 22.0 Å². The molecular weight excluding hydrogens is 482 g/mol. The number of amides is 2. The number of nitro benzene ring substituents is 1. The van der Waals surface area contributed by atoms with E-state index < -0.39 is 40.7 Å². The van der Waals surface area contributed by atoms with Crippen LogP contribution in [0.5, 0.6) is 0 Å². The molecule has 3 aromatic carbocycles. The van der Waals surface area contributed by atoms with Crippen molar-refractivity contribution in [1.29, 1.82) is 0 Å². The Hall–Kier alpha value is -4.30. The molecule has 3 aliphatic heterocycles. The van der Waals surface area contributed by atoms with Gasteiger partial charge in [0.2, 0.25) is 11.8 Å². The van der Waals surface area contributed by atoms with Gasteiger partial charge in [-0.1, -0.05) is 41.9 Å². The predicted molar refractivity (Wildman–Crippen MR) is 132 cm³/mol. The van der Waals surface area contributed by atoms with Crippen molar-refractivity contribution in [2.24, 2.45) is 11.8 Å². The summed E-state index contributed by atoms with van der Waals surface area (Å²) >= 11 is 6.01. The fraction of sp³-hybridized carbons (Fsp3) is 0.148. The van der Waals surface area contributed by atoms with E-state index in [4.69, 9.17) is 11.6 Å². The number of rotatable bonds is 4. The van der Waals surface area contributed by atoms with Crippen LogP contribution in [0.2, 0.25) is 5.02 Å². The van der Waals surface area contributed by atoms with Gasteiger partial charge in [-0.15, -0.1) is 0 Å². The zero-order valence-electron chi connectivity index (χ0n) is 18.7. The van der Waals surface area contributed by atoms with Crippen LogP contribution < -0.4 is 4.90 Å². The van der Waals surface area contributed by atoms with Gasteiger partial charge < -0.3 is 4.90 Å². The van der Waals surface area contributed by atoms with E-state index in [9.17, 15) is 24.5 Å². The lowest BCUT2D eigenvalue weighted by Crippen LogP contribution is -2.44. The summed E-state index contributed by atoms with van der Waals surface area (Å²) in [6, 6.07) is 18.0. The number of carbonyl (C=O) groups is 3. The highest BCUT2D eigenvalue weighted by molar-refractivity contribution is 6.30. The standard InChI is InChI=1S/C27H18ClN3O5/c28-17-10-8-16(9-11-17)25(32)24-22-21(23-20-7-2-1-4-15(20)12-13-29(23)24)26(33)30(27(22)34)18-5-3-6-19(14-18)31(35)36/h1-14,21-24H/t21-,22-,23+,24+/m1/s1. The summed E-state index contributed by atoms with van der Waals surface area (Å²) in [5.74, 6) is -3.10. The fourth-order valence-corrected chi connectivity index (χ4v) is 5.77. The first-order valence-electron chi connectivity index (χ1n) is 11.3. The number of non-ortho nitro benzene ring substituents is 1. The van der Waals surface area contributed by atoms with Crippen molar-refractivity contribution in [3.8, 4) is 0 Å². The number of ketones is 1. The summed E-state index contributed by atoms with van der Waals surface area (Å²) in [6.45, 7) is 0. The minimum absolute atomic E-state index is 0.123. The third-order valence-electron chi connectivity index (χ3n) is 7.16. The lowest BCUT2D eigenvalue weighted by Gasteiger charge is -2.35. The number of nitro groups is 1. The molecule has 2 saturated heterocycles. The van der Waals surface area contributed by atoms with Crippen molar-refractivity contribution < 1.29 is 19.3 Å². The largest absolute Gasteiger partial charge is 0.358 e. The molecule has 0 radical (unpaired) electrons. The normalized spacial score (nSPS) is 23.9. The van der Waals surface area contributed by atoms with Crippen molar-refractivity contribution >= 4 is 46.6 Å². The lowest BCUT2D eigenvalue weighted by molar-refractivity contribution is -0.384. The number of hydrogen-bond donors (Lipinski definition) is 0. The second kappa shape index (κ2) is 8.13. The van der Waals surface area contributed by atoms with Crippen molar-refractivity contribution in [1.82, 2.24) is 4.90 Å². The highest BCUT2D eigenvalue weighted by Gasteiger charge is 2.64. The van der Waals surface area contributed by atoms with E-state index in [0.29, 0.717) is 10.6 Å². The Morgan fingerprint density at radius 2 is 1.64 bits per heavy atom. The second-order valence-corrected chi connectivity index (χ2v) is 9.43. The van der Waals surface area contributed by atoms with Gasteiger partial charge in [-0.3, -0.25) is 24.5 Å². The van der Waals surface area contributed by atoms with Crippen LogP contribution in [-0.2, 0) is 9.59 Å². The van der Waals surface area contributed by atoms with Gasteiger partial charge in [-0.25, -0.2) is 4.90 Å². The minimum atomic E-state index is -0.958. The van der Waals surface area contributed by atoms with Crippen molar-refractivity contribution in [3.63, 3.8) is 0 Å². The topological polar surface area (TPSA) is 101 Å².